The van der Waals surface area contributed by atoms with E-state index in [1.54, 1.807) is 0 Å². The van der Waals surface area contributed by atoms with Gasteiger partial charge in [-0.2, -0.15) is 0 Å². The Hall–Kier alpha value is -2.33. The van der Waals surface area contributed by atoms with Crippen LogP contribution >= 0.6 is 0 Å². The van der Waals surface area contributed by atoms with Gasteiger partial charge < -0.3 is 14.0 Å². The SMILES string of the molecule is CCCCCCCCCCc1ccc(OCCCOC(=O)CCC[N+](C)(C)Cc2ccccc2)cc1. The zero-order valence-corrected chi connectivity index (χ0v) is 23.2. The Bertz CT molecular complexity index is 817. The molecule has 0 radical (unpaired) electrons. The normalized spacial score (nSPS) is 11.4. The standard InChI is InChI=1S/C32H50NO3/c1-4-5-6-7-8-9-10-12-17-29-21-23-31(24-22-29)35-26-16-27-36-32(34)20-15-25-33(2,3)28-30-18-13-11-14-19-30/h11,13-14,18-19,21-24H,4-10,12,15-17,20,25-28H2,1-3H3/q+1. The van der Waals surface area contributed by atoms with E-state index in [0.717, 1.165) is 36.2 Å². The fourth-order valence-corrected chi connectivity index (χ4v) is 4.53. The molecule has 0 aliphatic carbocycles. The highest BCUT2D eigenvalue weighted by Crippen LogP contribution is 2.16. The average Bonchev–Trinajstić information content (AvgIpc) is 2.86. The first-order valence-electron chi connectivity index (χ1n) is 14.2. The van der Waals surface area contributed by atoms with Crippen molar-refractivity contribution in [1.82, 2.24) is 0 Å². The molecular formula is C32H50NO3+. The van der Waals surface area contributed by atoms with Crippen molar-refractivity contribution >= 4 is 5.97 Å². The van der Waals surface area contributed by atoms with E-state index in [-0.39, 0.29) is 5.97 Å². The molecule has 0 atom stereocenters. The molecule has 0 saturated heterocycles. The minimum Gasteiger partial charge on any atom is -0.493 e. The van der Waals surface area contributed by atoms with E-state index in [2.05, 4.69) is 69.6 Å². The molecule has 200 valence electrons. The Morgan fingerprint density at radius 3 is 2.08 bits per heavy atom. The van der Waals surface area contributed by atoms with Crippen molar-refractivity contribution in [2.45, 2.75) is 90.5 Å². The third-order valence-corrected chi connectivity index (χ3v) is 6.66. The van der Waals surface area contributed by atoms with Crippen molar-refractivity contribution in [3.8, 4) is 5.75 Å². The van der Waals surface area contributed by atoms with Crippen LogP contribution in [0.5, 0.6) is 5.75 Å². The predicted molar refractivity (Wildman–Crippen MR) is 150 cm³/mol. The van der Waals surface area contributed by atoms with Crippen molar-refractivity contribution in [2.24, 2.45) is 0 Å². The largest absolute Gasteiger partial charge is 0.493 e. The molecule has 0 heterocycles. The molecular weight excluding hydrogens is 446 g/mol. The third kappa shape index (κ3) is 14.3. The van der Waals surface area contributed by atoms with E-state index in [4.69, 9.17) is 9.47 Å². The van der Waals surface area contributed by atoms with Gasteiger partial charge in [-0.05, 0) is 30.5 Å². The number of hydrogen-bond donors (Lipinski definition) is 0. The summed E-state index contributed by atoms with van der Waals surface area (Å²) in [7, 11) is 4.41. The number of carbonyl (C=O) groups excluding carboxylic acids is 1. The van der Waals surface area contributed by atoms with Crippen LogP contribution in [0, 0.1) is 0 Å². The van der Waals surface area contributed by atoms with Crippen molar-refractivity contribution in [3.63, 3.8) is 0 Å². The van der Waals surface area contributed by atoms with E-state index in [9.17, 15) is 4.79 Å². The second-order valence-corrected chi connectivity index (χ2v) is 10.7. The van der Waals surface area contributed by atoms with Crippen molar-refractivity contribution in [1.29, 1.82) is 0 Å². The highest BCUT2D eigenvalue weighted by atomic mass is 16.5. The Kier molecular flexibility index (Phi) is 14.9. The number of quaternary nitrogens is 1. The summed E-state index contributed by atoms with van der Waals surface area (Å²) in [5, 5.41) is 0. The Morgan fingerprint density at radius 2 is 1.39 bits per heavy atom. The second-order valence-electron chi connectivity index (χ2n) is 10.7. The molecule has 2 aromatic rings. The lowest BCUT2D eigenvalue weighted by Gasteiger charge is -2.29. The number of benzene rings is 2. The maximum Gasteiger partial charge on any atom is 0.306 e. The maximum absolute atomic E-state index is 12.1. The van der Waals surface area contributed by atoms with Gasteiger partial charge in [0.1, 0.15) is 12.3 Å². The fraction of sp³-hybridized carbons (Fsp3) is 0.594. The number of rotatable bonds is 20. The van der Waals surface area contributed by atoms with Crippen LogP contribution in [0.25, 0.3) is 0 Å². The topological polar surface area (TPSA) is 35.5 Å². The summed E-state index contributed by atoms with van der Waals surface area (Å²) in [5.74, 6) is 0.777. The van der Waals surface area contributed by atoms with Crippen LogP contribution in [0.4, 0.5) is 0 Å². The van der Waals surface area contributed by atoms with Gasteiger partial charge in [-0.25, -0.2) is 0 Å². The number of unbranched alkanes of at least 4 members (excludes halogenated alkanes) is 7. The predicted octanol–water partition coefficient (Wildman–Crippen LogP) is 7.74. The van der Waals surface area contributed by atoms with E-state index in [1.807, 2.05) is 6.07 Å². The molecule has 0 fully saturated rings. The van der Waals surface area contributed by atoms with Crippen LogP contribution in [0.2, 0.25) is 0 Å². The van der Waals surface area contributed by atoms with Gasteiger partial charge in [0.05, 0.1) is 40.3 Å². The van der Waals surface area contributed by atoms with Gasteiger partial charge in [0, 0.05) is 18.4 Å². The minimum atomic E-state index is -0.111. The molecule has 0 aliphatic rings. The van der Waals surface area contributed by atoms with Gasteiger partial charge in [-0.3, -0.25) is 4.79 Å². The van der Waals surface area contributed by atoms with Crippen LogP contribution < -0.4 is 4.74 Å². The van der Waals surface area contributed by atoms with Crippen molar-refractivity contribution in [2.75, 3.05) is 33.9 Å². The summed E-state index contributed by atoms with van der Waals surface area (Å²) in [6, 6.07) is 19.0. The second kappa shape index (κ2) is 18.0. The number of carbonyl (C=O) groups is 1. The average molecular weight is 497 g/mol. The molecule has 0 aliphatic heterocycles. The van der Waals surface area contributed by atoms with E-state index < -0.39 is 0 Å². The summed E-state index contributed by atoms with van der Waals surface area (Å²) in [5.41, 5.74) is 2.70. The Morgan fingerprint density at radius 1 is 0.722 bits per heavy atom. The molecule has 0 N–H and O–H groups in total. The van der Waals surface area contributed by atoms with Crippen LogP contribution in [0.15, 0.2) is 54.6 Å². The summed E-state index contributed by atoms with van der Waals surface area (Å²) >= 11 is 0. The zero-order chi connectivity index (χ0) is 25.9. The molecule has 0 bridgehead atoms. The van der Waals surface area contributed by atoms with Gasteiger partial charge >= 0.3 is 5.97 Å². The Balaban J connectivity index is 1.47. The summed E-state index contributed by atoms with van der Waals surface area (Å²) < 4.78 is 12.1. The Labute approximate surface area is 220 Å². The number of ether oxygens (including phenoxy) is 2. The summed E-state index contributed by atoms with van der Waals surface area (Å²) in [6.07, 6.45) is 14.0. The van der Waals surface area contributed by atoms with Gasteiger partial charge in [0.15, 0.2) is 0 Å². The molecule has 0 aromatic heterocycles. The molecule has 0 saturated carbocycles. The first kappa shape index (κ1) is 29.9. The smallest absolute Gasteiger partial charge is 0.306 e. The van der Waals surface area contributed by atoms with Gasteiger partial charge in [-0.1, -0.05) is 94.3 Å². The number of nitrogens with zero attached hydrogens (tertiary/aromatic N) is 1. The van der Waals surface area contributed by atoms with E-state index in [0.29, 0.717) is 26.1 Å². The third-order valence-electron chi connectivity index (χ3n) is 6.66. The van der Waals surface area contributed by atoms with Crippen LogP contribution in [0.3, 0.4) is 0 Å². The number of aryl methyl sites for hydroxylation is 1. The molecule has 36 heavy (non-hydrogen) atoms. The van der Waals surface area contributed by atoms with E-state index in [1.165, 1.54) is 62.5 Å². The van der Waals surface area contributed by atoms with Crippen LogP contribution in [-0.2, 0) is 22.5 Å². The molecule has 0 spiro atoms. The lowest BCUT2D eigenvalue weighted by Crippen LogP contribution is -2.39. The molecule has 2 rings (SSSR count). The molecule has 0 amide bonds. The lowest BCUT2D eigenvalue weighted by atomic mass is 10.0. The fourth-order valence-electron chi connectivity index (χ4n) is 4.53. The maximum atomic E-state index is 12.1. The van der Waals surface area contributed by atoms with Gasteiger partial charge in [-0.15, -0.1) is 0 Å². The zero-order valence-electron chi connectivity index (χ0n) is 23.2. The summed E-state index contributed by atoms with van der Waals surface area (Å²) in [6.45, 7) is 5.16. The highest BCUT2D eigenvalue weighted by Gasteiger charge is 2.16. The molecule has 4 nitrogen and oxygen atoms in total. The first-order chi connectivity index (χ1) is 17.5. The van der Waals surface area contributed by atoms with Crippen LogP contribution in [-0.4, -0.2) is 44.3 Å². The minimum absolute atomic E-state index is 0.111. The molecule has 0 unspecified atom stereocenters. The number of hydrogen-bond acceptors (Lipinski definition) is 3. The van der Waals surface area contributed by atoms with E-state index >= 15 is 0 Å². The van der Waals surface area contributed by atoms with Crippen molar-refractivity contribution < 1.29 is 18.8 Å². The number of esters is 1. The molecule has 2 aromatic carbocycles. The summed E-state index contributed by atoms with van der Waals surface area (Å²) in [4.78, 5) is 12.1. The van der Waals surface area contributed by atoms with Crippen molar-refractivity contribution in [3.05, 3.63) is 65.7 Å². The van der Waals surface area contributed by atoms with Crippen LogP contribution in [0.1, 0.15) is 88.7 Å². The van der Waals surface area contributed by atoms with Gasteiger partial charge in [0.2, 0.25) is 0 Å². The monoisotopic (exact) mass is 496 g/mol. The van der Waals surface area contributed by atoms with Gasteiger partial charge in [0.25, 0.3) is 0 Å². The molecule has 4 heteroatoms. The first-order valence-corrected chi connectivity index (χ1v) is 14.2. The quantitative estimate of drug-likeness (QED) is 0.107. The lowest BCUT2D eigenvalue weighted by molar-refractivity contribution is -0.903. The highest BCUT2D eigenvalue weighted by molar-refractivity contribution is 5.69.